The Hall–Kier alpha value is -1.71. The molecule has 0 aliphatic rings. The molecule has 0 fully saturated rings. The summed E-state index contributed by atoms with van der Waals surface area (Å²) in [5, 5.41) is 2.24. The Labute approximate surface area is 130 Å². The third-order valence-electron chi connectivity index (χ3n) is 2.51. The highest BCUT2D eigenvalue weighted by atomic mass is 127. The first kappa shape index (κ1) is 15.7. The van der Waals surface area contributed by atoms with Crippen molar-refractivity contribution in [1.29, 1.82) is 0 Å². The zero-order valence-electron chi connectivity index (χ0n) is 10.2. The first-order valence-corrected chi connectivity index (χ1v) is 6.65. The van der Waals surface area contributed by atoms with Crippen molar-refractivity contribution in [2.45, 2.75) is 6.18 Å². The average Bonchev–Trinajstić information content (AvgIpc) is 2.40. The quantitative estimate of drug-likeness (QED) is 0.599. The molecular weight excluding hydrogens is 403 g/mol. The Morgan fingerprint density at radius 1 is 1.19 bits per heavy atom. The summed E-state index contributed by atoms with van der Waals surface area (Å²) in [6, 6.07) is 4.77. The molecule has 0 aliphatic carbocycles. The average molecular weight is 410 g/mol. The van der Waals surface area contributed by atoms with E-state index < -0.39 is 29.0 Å². The number of rotatable bonds is 2. The van der Waals surface area contributed by atoms with Crippen molar-refractivity contribution in [3.05, 3.63) is 57.0 Å². The lowest BCUT2D eigenvalue weighted by Gasteiger charge is -2.10. The second-order valence-electron chi connectivity index (χ2n) is 4.01. The number of anilines is 1. The standard InChI is InChI=1S/C13H7F4IN2O/c14-10-3-1-7(13(15,16)17)5-9(10)12(21)20-11-4-2-8(18)6-19-11/h1-6H,(H,19,20,21). The van der Waals surface area contributed by atoms with Gasteiger partial charge in [-0.1, -0.05) is 0 Å². The van der Waals surface area contributed by atoms with Gasteiger partial charge in [-0.25, -0.2) is 9.37 Å². The van der Waals surface area contributed by atoms with Gasteiger partial charge in [-0.15, -0.1) is 0 Å². The largest absolute Gasteiger partial charge is 0.416 e. The zero-order valence-corrected chi connectivity index (χ0v) is 12.4. The number of pyridine rings is 1. The maximum absolute atomic E-state index is 13.5. The van der Waals surface area contributed by atoms with E-state index in [-0.39, 0.29) is 5.82 Å². The second-order valence-corrected chi connectivity index (χ2v) is 5.25. The number of amides is 1. The van der Waals surface area contributed by atoms with E-state index in [1.54, 1.807) is 6.07 Å². The third-order valence-corrected chi connectivity index (χ3v) is 3.15. The SMILES string of the molecule is O=C(Nc1ccc(I)cn1)c1cc(C(F)(F)F)ccc1F. The number of hydrogen-bond donors (Lipinski definition) is 1. The molecule has 0 atom stereocenters. The van der Waals surface area contributed by atoms with E-state index in [2.05, 4.69) is 10.3 Å². The van der Waals surface area contributed by atoms with Gasteiger partial charge in [-0.05, 0) is 52.9 Å². The number of hydrogen-bond acceptors (Lipinski definition) is 2. The highest BCUT2D eigenvalue weighted by molar-refractivity contribution is 14.1. The fourth-order valence-electron chi connectivity index (χ4n) is 1.51. The molecule has 1 aromatic heterocycles. The van der Waals surface area contributed by atoms with Gasteiger partial charge in [-0.3, -0.25) is 4.79 Å². The molecule has 0 bridgehead atoms. The molecule has 1 heterocycles. The van der Waals surface area contributed by atoms with Crippen LogP contribution >= 0.6 is 22.6 Å². The number of benzene rings is 1. The molecule has 0 unspecified atom stereocenters. The highest BCUT2D eigenvalue weighted by Crippen LogP contribution is 2.30. The van der Waals surface area contributed by atoms with Crippen LogP contribution < -0.4 is 5.32 Å². The van der Waals surface area contributed by atoms with Crippen LogP contribution in [-0.2, 0) is 6.18 Å². The van der Waals surface area contributed by atoms with Gasteiger partial charge in [0.05, 0.1) is 11.1 Å². The van der Waals surface area contributed by atoms with Crippen molar-refractivity contribution in [1.82, 2.24) is 4.98 Å². The number of aromatic nitrogens is 1. The molecule has 110 valence electrons. The Morgan fingerprint density at radius 3 is 2.48 bits per heavy atom. The summed E-state index contributed by atoms with van der Waals surface area (Å²) in [4.78, 5) is 15.7. The molecule has 21 heavy (non-hydrogen) atoms. The Balaban J connectivity index is 2.28. The number of nitrogens with zero attached hydrogens (tertiary/aromatic N) is 1. The van der Waals surface area contributed by atoms with Crippen molar-refractivity contribution in [2.75, 3.05) is 5.32 Å². The molecule has 2 rings (SSSR count). The lowest BCUT2D eigenvalue weighted by atomic mass is 10.1. The van der Waals surface area contributed by atoms with Crippen molar-refractivity contribution in [2.24, 2.45) is 0 Å². The minimum absolute atomic E-state index is 0.122. The number of carbonyl (C=O) groups is 1. The van der Waals surface area contributed by atoms with E-state index in [0.717, 1.165) is 3.57 Å². The first-order valence-electron chi connectivity index (χ1n) is 5.57. The van der Waals surface area contributed by atoms with Crippen molar-refractivity contribution < 1.29 is 22.4 Å². The minimum Gasteiger partial charge on any atom is -0.306 e. The van der Waals surface area contributed by atoms with Gasteiger partial charge in [-0.2, -0.15) is 13.2 Å². The monoisotopic (exact) mass is 410 g/mol. The molecule has 2 aromatic rings. The van der Waals surface area contributed by atoms with Crippen LogP contribution in [0.15, 0.2) is 36.5 Å². The van der Waals surface area contributed by atoms with Gasteiger partial charge in [0, 0.05) is 9.77 Å². The fourth-order valence-corrected chi connectivity index (χ4v) is 1.83. The van der Waals surface area contributed by atoms with Crippen LogP contribution in [0.2, 0.25) is 0 Å². The predicted molar refractivity (Wildman–Crippen MR) is 76.3 cm³/mol. The van der Waals surface area contributed by atoms with Crippen LogP contribution in [0.25, 0.3) is 0 Å². The molecule has 0 aliphatic heterocycles. The smallest absolute Gasteiger partial charge is 0.306 e. The highest BCUT2D eigenvalue weighted by Gasteiger charge is 2.31. The molecule has 3 nitrogen and oxygen atoms in total. The molecule has 1 amide bonds. The summed E-state index contributed by atoms with van der Waals surface area (Å²) in [5.41, 5.74) is -1.78. The van der Waals surface area contributed by atoms with Crippen LogP contribution in [-0.4, -0.2) is 10.9 Å². The Morgan fingerprint density at radius 2 is 1.90 bits per heavy atom. The number of carbonyl (C=O) groups excluding carboxylic acids is 1. The summed E-state index contributed by atoms with van der Waals surface area (Å²) < 4.78 is 52.0. The van der Waals surface area contributed by atoms with E-state index >= 15 is 0 Å². The van der Waals surface area contributed by atoms with Gasteiger partial charge in [0.1, 0.15) is 11.6 Å². The van der Waals surface area contributed by atoms with Crippen molar-refractivity contribution in [3.8, 4) is 0 Å². The third kappa shape index (κ3) is 3.90. The van der Waals surface area contributed by atoms with Crippen molar-refractivity contribution >= 4 is 34.3 Å². The molecule has 0 saturated carbocycles. The molecule has 1 aromatic carbocycles. The normalized spacial score (nSPS) is 11.3. The summed E-state index contributed by atoms with van der Waals surface area (Å²) >= 11 is 2.00. The summed E-state index contributed by atoms with van der Waals surface area (Å²) in [7, 11) is 0. The second kappa shape index (κ2) is 5.96. The lowest BCUT2D eigenvalue weighted by molar-refractivity contribution is -0.137. The van der Waals surface area contributed by atoms with Crippen LogP contribution in [0.1, 0.15) is 15.9 Å². The van der Waals surface area contributed by atoms with Crippen LogP contribution in [0.4, 0.5) is 23.4 Å². The zero-order chi connectivity index (χ0) is 15.6. The summed E-state index contributed by atoms with van der Waals surface area (Å²) in [6.45, 7) is 0. The maximum atomic E-state index is 13.5. The lowest BCUT2D eigenvalue weighted by Crippen LogP contribution is -2.16. The number of halogens is 5. The van der Waals surface area contributed by atoms with E-state index in [9.17, 15) is 22.4 Å². The number of nitrogens with one attached hydrogen (secondary N) is 1. The molecular formula is C13H7F4IN2O. The molecule has 1 N–H and O–H groups in total. The van der Waals surface area contributed by atoms with Crippen molar-refractivity contribution in [3.63, 3.8) is 0 Å². The van der Waals surface area contributed by atoms with Gasteiger partial charge in [0.25, 0.3) is 5.91 Å². The van der Waals surface area contributed by atoms with E-state index in [1.807, 2.05) is 22.6 Å². The summed E-state index contributed by atoms with van der Waals surface area (Å²) in [5.74, 6) is -1.91. The van der Waals surface area contributed by atoms with Crippen LogP contribution in [0.3, 0.4) is 0 Å². The molecule has 0 saturated heterocycles. The first-order chi connectivity index (χ1) is 9.77. The van der Waals surface area contributed by atoms with Gasteiger partial charge >= 0.3 is 6.18 Å². The predicted octanol–water partition coefficient (Wildman–Crippen LogP) is 4.10. The van der Waals surface area contributed by atoms with E-state index in [1.165, 1.54) is 12.3 Å². The maximum Gasteiger partial charge on any atom is 0.416 e. The van der Waals surface area contributed by atoms with E-state index in [0.29, 0.717) is 18.2 Å². The van der Waals surface area contributed by atoms with Crippen LogP contribution in [0, 0.1) is 9.39 Å². The molecule has 0 radical (unpaired) electrons. The van der Waals surface area contributed by atoms with Gasteiger partial charge < -0.3 is 5.32 Å². The van der Waals surface area contributed by atoms with E-state index in [4.69, 9.17) is 0 Å². The molecule has 8 heteroatoms. The van der Waals surface area contributed by atoms with Crippen LogP contribution in [0.5, 0.6) is 0 Å². The fraction of sp³-hybridized carbons (Fsp3) is 0.0769. The Kier molecular flexibility index (Phi) is 4.45. The van der Waals surface area contributed by atoms with Gasteiger partial charge in [0.2, 0.25) is 0 Å². The number of alkyl halides is 3. The topological polar surface area (TPSA) is 42.0 Å². The molecule has 0 spiro atoms. The van der Waals surface area contributed by atoms with Gasteiger partial charge in [0.15, 0.2) is 0 Å². The Bertz CT molecular complexity index is 671. The minimum atomic E-state index is -4.65. The summed E-state index contributed by atoms with van der Waals surface area (Å²) in [6.07, 6.45) is -3.19.